The second-order valence-electron chi connectivity index (χ2n) is 6.89. The Bertz CT molecular complexity index is 984. The van der Waals surface area contributed by atoms with Gasteiger partial charge in [0.25, 0.3) is 0 Å². The monoisotopic (exact) mass is 407 g/mol. The van der Waals surface area contributed by atoms with Crippen LogP contribution < -0.4 is 14.8 Å². The van der Waals surface area contributed by atoms with E-state index in [4.69, 9.17) is 21.7 Å². The van der Waals surface area contributed by atoms with Crippen molar-refractivity contribution in [3.05, 3.63) is 78.1 Å². The first kappa shape index (κ1) is 19.3. The van der Waals surface area contributed by atoms with Gasteiger partial charge in [-0.3, -0.25) is 0 Å². The van der Waals surface area contributed by atoms with E-state index in [1.54, 1.807) is 7.11 Å². The van der Waals surface area contributed by atoms with Gasteiger partial charge in [-0.1, -0.05) is 18.2 Å². The molecule has 0 bridgehead atoms. The number of ether oxygens (including phenoxy) is 2. The number of hydrogen-bond donors (Lipinski definition) is 1. The molecule has 1 atom stereocenters. The largest absolute Gasteiger partial charge is 0.497 e. The van der Waals surface area contributed by atoms with E-state index < -0.39 is 0 Å². The summed E-state index contributed by atoms with van der Waals surface area (Å²) in [5, 5.41) is 4.08. The summed E-state index contributed by atoms with van der Waals surface area (Å²) in [6, 6.07) is 20.4. The van der Waals surface area contributed by atoms with Gasteiger partial charge < -0.3 is 24.3 Å². The Hall–Kier alpha value is -2.99. The lowest BCUT2D eigenvalue weighted by Crippen LogP contribution is -2.44. The van der Waals surface area contributed by atoms with Crippen molar-refractivity contribution in [2.24, 2.45) is 0 Å². The Morgan fingerprint density at radius 3 is 2.66 bits per heavy atom. The van der Waals surface area contributed by atoms with E-state index in [1.165, 1.54) is 11.3 Å². The van der Waals surface area contributed by atoms with Crippen molar-refractivity contribution in [2.75, 3.05) is 25.6 Å². The summed E-state index contributed by atoms with van der Waals surface area (Å²) in [7, 11) is 1.66. The maximum absolute atomic E-state index is 5.82. The zero-order chi connectivity index (χ0) is 20.2. The highest BCUT2D eigenvalue weighted by molar-refractivity contribution is 7.80. The molecule has 6 heteroatoms. The summed E-state index contributed by atoms with van der Waals surface area (Å²) in [6.45, 7) is 4.38. The van der Waals surface area contributed by atoms with Crippen LogP contribution >= 0.6 is 12.2 Å². The van der Waals surface area contributed by atoms with Gasteiger partial charge in [-0.05, 0) is 61.1 Å². The molecule has 150 valence electrons. The van der Waals surface area contributed by atoms with E-state index in [9.17, 15) is 0 Å². The molecule has 1 aliphatic rings. The van der Waals surface area contributed by atoms with Crippen molar-refractivity contribution in [3.8, 4) is 11.5 Å². The van der Waals surface area contributed by atoms with Crippen LogP contribution in [0.4, 0.5) is 5.69 Å². The Morgan fingerprint density at radius 2 is 1.90 bits per heavy atom. The van der Waals surface area contributed by atoms with E-state index in [0.29, 0.717) is 11.7 Å². The van der Waals surface area contributed by atoms with Gasteiger partial charge in [0.2, 0.25) is 0 Å². The van der Waals surface area contributed by atoms with Gasteiger partial charge in [-0.25, -0.2) is 0 Å². The second kappa shape index (κ2) is 8.57. The first-order valence-electron chi connectivity index (χ1n) is 9.79. The van der Waals surface area contributed by atoms with Crippen molar-refractivity contribution in [1.82, 2.24) is 9.47 Å². The zero-order valence-corrected chi connectivity index (χ0v) is 17.5. The van der Waals surface area contributed by atoms with E-state index in [2.05, 4.69) is 45.2 Å². The molecule has 0 amide bonds. The van der Waals surface area contributed by atoms with Gasteiger partial charge in [-0.2, -0.15) is 0 Å². The molecule has 2 heterocycles. The molecule has 5 nitrogen and oxygen atoms in total. The quantitative estimate of drug-likeness (QED) is 0.621. The zero-order valence-electron chi connectivity index (χ0n) is 16.7. The number of fused-ring (bicyclic) bond motifs is 1. The molecule has 0 radical (unpaired) electrons. The van der Waals surface area contributed by atoms with Gasteiger partial charge in [0.1, 0.15) is 11.5 Å². The Kier molecular flexibility index (Phi) is 5.71. The van der Waals surface area contributed by atoms with Gasteiger partial charge in [0, 0.05) is 36.7 Å². The first-order valence-corrected chi connectivity index (χ1v) is 10.2. The lowest BCUT2D eigenvalue weighted by Gasteiger charge is -2.39. The van der Waals surface area contributed by atoms with Crippen molar-refractivity contribution < 1.29 is 9.47 Å². The molecule has 2 aromatic carbocycles. The van der Waals surface area contributed by atoms with Gasteiger partial charge in [-0.15, -0.1) is 0 Å². The number of thiocarbonyl (C=S) groups is 1. The van der Waals surface area contributed by atoms with Crippen molar-refractivity contribution >= 4 is 23.0 Å². The molecule has 0 fully saturated rings. The third kappa shape index (κ3) is 4.07. The van der Waals surface area contributed by atoms with Crippen LogP contribution in [-0.2, 0) is 6.54 Å². The predicted octanol–water partition coefficient (Wildman–Crippen LogP) is 4.70. The lowest BCUT2D eigenvalue weighted by molar-refractivity contribution is 0.293. The molecule has 1 unspecified atom stereocenters. The molecular weight excluding hydrogens is 382 g/mol. The third-order valence-electron chi connectivity index (χ3n) is 5.13. The summed E-state index contributed by atoms with van der Waals surface area (Å²) in [5.41, 5.74) is 3.33. The summed E-state index contributed by atoms with van der Waals surface area (Å²) >= 11 is 5.82. The second-order valence-corrected chi connectivity index (χ2v) is 7.27. The average molecular weight is 408 g/mol. The molecule has 4 rings (SSSR count). The number of aromatic nitrogens is 1. The highest BCUT2D eigenvalue weighted by Crippen LogP contribution is 2.34. The van der Waals surface area contributed by atoms with Crippen LogP contribution in [0.3, 0.4) is 0 Å². The molecule has 0 spiro atoms. The molecule has 29 heavy (non-hydrogen) atoms. The molecule has 1 aliphatic heterocycles. The summed E-state index contributed by atoms with van der Waals surface area (Å²) < 4.78 is 13.2. The number of nitrogens with zero attached hydrogens (tertiary/aromatic N) is 2. The van der Waals surface area contributed by atoms with Crippen LogP contribution in [0.15, 0.2) is 66.9 Å². The summed E-state index contributed by atoms with van der Waals surface area (Å²) in [4.78, 5) is 2.25. The molecule has 1 N–H and O–H groups in total. The number of rotatable bonds is 5. The third-order valence-corrected chi connectivity index (χ3v) is 5.46. The highest BCUT2D eigenvalue weighted by Gasteiger charge is 2.30. The average Bonchev–Trinajstić information content (AvgIpc) is 3.23. The smallest absolute Gasteiger partial charge is 0.174 e. The molecule has 1 aromatic heterocycles. The maximum Gasteiger partial charge on any atom is 0.174 e. The van der Waals surface area contributed by atoms with Crippen LogP contribution in [0.5, 0.6) is 11.5 Å². The van der Waals surface area contributed by atoms with Crippen molar-refractivity contribution in [3.63, 3.8) is 0 Å². The molecule has 0 aliphatic carbocycles. The van der Waals surface area contributed by atoms with Gasteiger partial charge >= 0.3 is 0 Å². The Balaban J connectivity index is 1.63. The summed E-state index contributed by atoms with van der Waals surface area (Å²) in [5.74, 6) is 1.68. The number of anilines is 1. The summed E-state index contributed by atoms with van der Waals surface area (Å²) in [6.07, 6.45) is 2.13. The fraction of sp³-hybridized carbons (Fsp3) is 0.261. The fourth-order valence-corrected chi connectivity index (χ4v) is 4.08. The van der Waals surface area contributed by atoms with E-state index >= 15 is 0 Å². The minimum Gasteiger partial charge on any atom is -0.497 e. The van der Waals surface area contributed by atoms with Crippen LogP contribution in [0.2, 0.25) is 0 Å². The molecule has 3 aromatic rings. The van der Waals surface area contributed by atoms with E-state index in [0.717, 1.165) is 30.3 Å². The normalized spacial score (nSPS) is 15.5. The lowest BCUT2D eigenvalue weighted by atomic mass is 10.00. The number of benzene rings is 2. The Morgan fingerprint density at radius 1 is 1.07 bits per heavy atom. The molecular formula is C23H25N3O2S. The van der Waals surface area contributed by atoms with Gasteiger partial charge in [0.15, 0.2) is 5.11 Å². The number of methoxy groups -OCH3 is 1. The minimum absolute atomic E-state index is 0.0417. The van der Waals surface area contributed by atoms with Gasteiger partial charge in [0.05, 0.1) is 19.8 Å². The van der Waals surface area contributed by atoms with Crippen LogP contribution in [0.1, 0.15) is 24.2 Å². The van der Waals surface area contributed by atoms with Crippen LogP contribution in [-0.4, -0.2) is 34.8 Å². The standard InChI is InChI=1S/C23H25N3O2S/c1-3-28-19-11-9-17(10-12-19)22-21-8-5-13-25(21)14-15-26(22)23(29)24-18-6-4-7-20(16-18)27-2/h4-13,16,22H,3,14-15H2,1-2H3,(H,24,29). The molecule has 0 saturated heterocycles. The Labute approximate surface area is 176 Å². The number of nitrogens with one attached hydrogen (secondary N) is 1. The SMILES string of the molecule is CCOc1ccc(C2c3cccn3CCN2C(=S)Nc2cccc(OC)c2)cc1. The van der Waals surface area contributed by atoms with Crippen molar-refractivity contribution in [2.45, 2.75) is 19.5 Å². The highest BCUT2D eigenvalue weighted by atomic mass is 32.1. The van der Waals surface area contributed by atoms with Crippen LogP contribution in [0, 0.1) is 0 Å². The fourth-order valence-electron chi connectivity index (χ4n) is 3.76. The van der Waals surface area contributed by atoms with Crippen molar-refractivity contribution in [1.29, 1.82) is 0 Å². The van der Waals surface area contributed by atoms with E-state index in [1.807, 2.05) is 43.3 Å². The topological polar surface area (TPSA) is 38.7 Å². The molecule has 0 saturated carbocycles. The number of hydrogen-bond acceptors (Lipinski definition) is 3. The van der Waals surface area contributed by atoms with Crippen LogP contribution in [0.25, 0.3) is 0 Å². The van der Waals surface area contributed by atoms with E-state index in [-0.39, 0.29) is 6.04 Å². The predicted molar refractivity (Wildman–Crippen MR) is 120 cm³/mol. The maximum atomic E-state index is 5.82. The minimum atomic E-state index is 0.0417. The first-order chi connectivity index (χ1) is 14.2.